The average molecular weight is 280 g/mol. The number of H-pyrrole nitrogens is 1. The number of nitrogens with zero attached hydrogens (tertiary/aromatic N) is 2. The summed E-state index contributed by atoms with van der Waals surface area (Å²) in [4.78, 5) is 15.5. The number of hydrogen-bond donors (Lipinski definition) is 2. The molecule has 2 rings (SSSR count). The van der Waals surface area contributed by atoms with E-state index in [0.717, 1.165) is 0 Å². The van der Waals surface area contributed by atoms with E-state index in [9.17, 15) is 9.18 Å². The first-order valence-electron chi connectivity index (χ1n) is 5.91. The van der Waals surface area contributed by atoms with Gasteiger partial charge in [-0.1, -0.05) is 6.07 Å². The SMILES string of the molecule is CCOc1n[nH]c(NC(=O)COc2cccc(F)c2)n1. The molecule has 0 aliphatic carbocycles. The first-order valence-corrected chi connectivity index (χ1v) is 5.91. The topological polar surface area (TPSA) is 89.1 Å². The normalized spacial score (nSPS) is 10.1. The van der Waals surface area contributed by atoms with E-state index in [1.54, 1.807) is 13.0 Å². The average Bonchev–Trinajstić information content (AvgIpc) is 2.84. The van der Waals surface area contributed by atoms with E-state index in [-0.39, 0.29) is 24.3 Å². The van der Waals surface area contributed by atoms with Crippen LogP contribution in [0, 0.1) is 5.82 Å². The van der Waals surface area contributed by atoms with Crippen molar-refractivity contribution < 1.29 is 18.7 Å². The molecule has 2 aromatic rings. The minimum absolute atomic E-state index is 0.147. The van der Waals surface area contributed by atoms with Crippen LogP contribution < -0.4 is 14.8 Å². The monoisotopic (exact) mass is 280 g/mol. The van der Waals surface area contributed by atoms with Gasteiger partial charge in [-0.3, -0.25) is 10.1 Å². The molecular weight excluding hydrogens is 267 g/mol. The zero-order valence-electron chi connectivity index (χ0n) is 10.7. The number of benzene rings is 1. The minimum atomic E-state index is -0.451. The highest BCUT2D eigenvalue weighted by Gasteiger charge is 2.08. The molecule has 0 atom stereocenters. The first kappa shape index (κ1) is 13.8. The smallest absolute Gasteiger partial charge is 0.337 e. The number of rotatable bonds is 6. The van der Waals surface area contributed by atoms with Crippen LogP contribution in [0.2, 0.25) is 0 Å². The molecular formula is C12H13FN4O3. The molecule has 0 radical (unpaired) electrons. The van der Waals surface area contributed by atoms with E-state index < -0.39 is 11.7 Å². The largest absolute Gasteiger partial charge is 0.484 e. The van der Waals surface area contributed by atoms with Gasteiger partial charge in [0.05, 0.1) is 6.61 Å². The molecule has 0 bridgehead atoms. The lowest BCUT2D eigenvalue weighted by atomic mass is 10.3. The zero-order chi connectivity index (χ0) is 14.4. The van der Waals surface area contributed by atoms with Gasteiger partial charge in [-0.15, -0.1) is 5.10 Å². The summed E-state index contributed by atoms with van der Waals surface area (Å²) in [6, 6.07) is 5.67. The van der Waals surface area contributed by atoms with E-state index in [2.05, 4.69) is 20.5 Å². The molecule has 0 aliphatic rings. The van der Waals surface area contributed by atoms with Crippen molar-refractivity contribution in [3.8, 4) is 11.8 Å². The predicted molar refractivity (Wildman–Crippen MR) is 68.1 cm³/mol. The van der Waals surface area contributed by atoms with Crippen LogP contribution in [-0.4, -0.2) is 34.3 Å². The number of aromatic amines is 1. The van der Waals surface area contributed by atoms with Crippen LogP contribution in [0.1, 0.15) is 6.92 Å². The van der Waals surface area contributed by atoms with Crippen molar-refractivity contribution in [2.24, 2.45) is 0 Å². The molecule has 106 valence electrons. The Morgan fingerprint density at radius 3 is 3.05 bits per heavy atom. The molecule has 0 fully saturated rings. The maximum atomic E-state index is 12.9. The number of amides is 1. The Kier molecular flexibility index (Phi) is 4.48. The van der Waals surface area contributed by atoms with Crippen LogP contribution >= 0.6 is 0 Å². The van der Waals surface area contributed by atoms with E-state index in [1.165, 1.54) is 18.2 Å². The summed E-state index contributed by atoms with van der Waals surface area (Å²) in [7, 11) is 0. The Labute approximate surface area is 114 Å². The molecule has 8 heteroatoms. The molecule has 7 nitrogen and oxygen atoms in total. The van der Waals surface area contributed by atoms with Gasteiger partial charge in [0, 0.05) is 6.07 Å². The zero-order valence-corrected chi connectivity index (χ0v) is 10.7. The molecule has 0 aliphatic heterocycles. The number of halogens is 1. The highest BCUT2D eigenvalue weighted by molar-refractivity contribution is 5.90. The number of aromatic nitrogens is 3. The standard InChI is InChI=1S/C12H13FN4O3/c1-2-19-12-15-11(16-17-12)14-10(18)7-20-9-5-3-4-8(13)6-9/h3-6H,2,7H2,1H3,(H2,14,15,16,17,18). The van der Waals surface area contributed by atoms with E-state index in [1.807, 2.05) is 0 Å². The van der Waals surface area contributed by atoms with Gasteiger partial charge < -0.3 is 9.47 Å². The van der Waals surface area contributed by atoms with Crippen molar-refractivity contribution >= 4 is 11.9 Å². The van der Waals surface area contributed by atoms with E-state index >= 15 is 0 Å². The van der Waals surface area contributed by atoms with Gasteiger partial charge in [0.1, 0.15) is 11.6 Å². The summed E-state index contributed by atoms with van der Waals surface area (Å²) < 4.78 is 23.1. The fraction of sp³-hybridized carbons (Fsp3) is 0.250. The van der Waals surface area contributed by atoms with Crippen LogP contribution in [0.3, 0.4) is 0 Å². The summed E-state index contributed by atoms with van der Waals surface area (Å²) in [5.41, 5.74) is 0. The number of anilines is 1. The minimum Gasteiger partial charge on any atom is -0.484 e. The number of hydrogen-bond acceptors (Lipinski definition) is 5. The molecule has 2 N–H and O–H groups in total. The van der Waals surface area contributed by atoms with Crippen LogP contribution in [-0.2, 0) is 4.79 Å². The molecule has 1 aromatic carbocycles. The van der Waals surface area contributed by atoms with Crippen molar-refractivity contribution in [2.75, 3.05) is 18.5 Å². The van der Waals surface area contributed by atoms with E-state index in [4.69, 9.17) is 9.47 Å². The lowest BCUT2D eigenvalue weighted by Gasteiger charge is -2.05. The first-order chi connectivity index (χ1) is 9.67. The summed E-state index contributed by atoms with van der Waals surface area (Å²) in [6.45, 7) is 1.95. The molecule has 1 aromatic heterocycles. The van der Waals surface area contributed by atoms with Crippen molar-refractivity contribution in [3.63, 3.8) is 0 Å². The Morgan fingerprint density at radius 1 is 1.45 bits per heavy atom. The molecule has 0 saturated carbocycles. The maximum absolute atomic E-state index is 12.9. The second-order valence-electron chi connectivity index (χ2n) is 3.69. The summed E-state index contributed by atoms with van der Waals surface area (Å²) >= 11 is 0. The Balaban J connectivity index is 1.82. The molecule has 0 unspecified atom stereocenters. The molecule has 1 heterocycles. The third kappa shape index (κ3) is 3.94. The van der Waals surface area contributed by atoms with Gasteiger partial charge in [-0.25, -0.2) is 9.49 Å². The van der Waals surface area contributed by atoms with Gasteiger partial charge in [0.25, 0.3) is 5.91 Å². The third-order valence-corrected chi connectivity index (χ3v) is 2.16. The van der Waals surface area contributed by atoms with Crippen molar-refractivity contribution in [2.45, 2.75) is 6.92 Å². The summed E-state index contributed by atoms with van der Waals surface area (Å²) in [6.07, 6.45) is 0. The third-order valence-electron chi connectivity index (χ3n) is 2.16. The number of carbonyl (C=O) groups is 1. The van der Waals surface area contributed by atoms with Crippen molar-refractivity contribution in [3.05, 3.63) is 30.1 Å². The highest BCUT2D eigenvalue weighted by atomic mass is 19.1. The van der Waals surface area contributed by atoms with Gasteiger partial charge in [0.2, 0.25) is 5.95 Å². The molecule has 20 heavy (non-hydrogen) atoms. The van der Waals surface area contributed by atoms with Gasteiger partial charge in [0.15, 0.2) is 6.61 Å². The van der Waals surface area contributed by atoms with Crippen molar-refractivity contribution in [1.82, 2.24) is 15.2 Å². The second kappa shape index (κ2) is 6.50. The molecule has 1 amide bonds. The van der Waals surface area contributed by atoms with E-state index in [0.29, 0.717) is 6.61 Å². The Morgan fingerprint density at radius 2 is 2.30 bits per heavy atom. The second-order valence-corrected chi connectivity index (χ2v) is 3.69. The molecule has 0 saturated heterocycles. The van der Waals surface area contributed by atoms with Crippen LogP contribution in [0.15, 0.2) is 24.3 Å². The Bertz CT molecular complexity index is 588. The van der Waals surface area contributed by atoms with Crippen molar-refractivity contribution in [1.29, 1.82) is 0 Å². The van der Waals surface area contributed by atoms with Gasteiger partial charge in [-0.2, -0.15) is 4.98 Å². The quantitative estimate of drug-likeness (QED) is 0.834. The summed E-state index contributed by atoms with van der Waals surface area (Å²) in [5, 5.41) is 8.66. The maximum Gasteiger partial charge on any atom is 0.337 e. The number of ether oxygens (including phenoxy) is 2. The van der Waals surface area contributed by atoms with Crippen LogP contribution in [0.25, 0.3) is 0 Å². The summed E-state index contributed by atoms with van der Waals surface area (Å²) in [5.74, 6) is -0.457. The highest BCUT2D eigenvalue weighted by Crippen LogP contribution is 2.12. The van der Waals surface area contributed by atoms with Gasteiger partial charge >= 0.3 is 6.01 Å². The lowest BCUT2D eigenvalue weighted by Crippen LogP contribution is -2.20. The van der Waals surface area contributed by atoms with Crippen LogP contribution in [0.5, 0.6) is 11.8 Å². The predicted octanol–water partition coefficient (Wildman–Crippen LogP) is 1.36. The fourth-order valence-corrected chi connectivity index (χ4v) is 1.37. The number of carbonyl (C=O) groups excluding carboxylic acids is 1. The van der Waals surface area contributed by atoms with Gasteiger partial charge in [-0.05, 0) is 19.1 Å². The lowest BCUT2D eigenvalue weighted by molar-refractivity contribution is -0.118. The van der Waals surface area contributed by atoms with Crippen LogP contribution in [0.4, 0.5) is 10.3 Å². The Hall–Kier alpha value is -2.64. The fourth-order valence-electron chi connectivity index (χ4n) is 1.37. The molecule has 0 spiro atoms. The number of nitrogens with one attached hydrogen (secondary N) is 2.